The number of aromatic nitrogens is 1. The van der Waals surface area contributed by atoms with Crippen LogP contribution >= 0.6 is 0 Å². The predicted octanol–water partition coefficient (Wildman–Crippen LogP) is 2.42. The highest BCUT2D eigenvalue weighted by molar-refractivity contribution is 5.52. The molecular formula is C12H12FN3. The topological polar surface area (TPSA) is 50.9 Å². The molecule has 1 heterocycles. The van der Waals surface area contributed by atoms with E-state index in [2.05, 4.69) is 10.3 Å². The fourth-order valence-corrected chi connectivity index (χ4v) is 1.33. The van der Waals surface area contributed by atoms with Crippen LogP contribution in [0.4, 0.5) is 15.8 Å². The molecule has 0 aliphatic carbocycles. The largest absolute Gasteiger partial charge is 0.396 e. The van der Waals surface area contributed by atoms with E-state index in [1.54, 1.807) is 12.3 Å². The van der Waals surface area contributed by atoms with Crippen molar-refractivity contribution in [2.75, 3.05) is 11.1 Å². The summed E-state index contributed by atoms with van der Waals surface area (Å²) in [7, 11) is 0. The monoisotopic (exact) mass is 217 g/mol. The van der Waals surface area contributed by atoms with Crippen molar-refractivity contribution in [1.82, 2.24) is 4.98 Å². The molecule has 0 saturated carbocycles. The van der Waals surface area contributed by atoms with Crippen molar-refractivity contribution in [2.45, 2.75) is 6.54 Å². The van der Waals surface area contributed by atoms with E-state index in [1.165, 1.54) is 12.1 Å². The Kier molecular flexibility index (Phi) is 3.00. The van der Waals surface area contributed by atoms with Gasteiger partial charge in [0.2, 0.25) is 0 Å². The van der Waals surface area contributed by atoms with Gasteiger partial charge in [-0.2, -0.15) is 0 Å². The van der Waals surface area contributed by atoms with Gasteiger partial charge in [0, 0.05) is 11.9 Å². The van der Waals surface area contributed by atoms with E-state index in [0.29, 0.717) is 12.2 Å². The minimum atomic E-state index is -0.411. The number of pyridine rings is 1. The number of nitrogens with two attached hydrogens (primary N) is 1. The van der Waals surface area contributed by atoms with Crippen LogP contribution in [0.25, 0.3) is 0 Å². The Hall–Kier alpha value is -2.10. The molecule has 0 bridgehead atoms. The molecule has 1 aromatic carbocycles. The quantitative estimate of drug-likeness (QED) is 0.776. The molecule has 3 N–H and O–H groups in total. The summed E-state index contributed by atoms with van der Waals surface area (Å²) in [5.74, 6) is -0.411. The Balaban J connectivity index is 2.03. The number of hydrogen-bond donors (Lipinski definition) is 2. The maximum atomic E-state index is 13.1. The van der Waals surface area contributed by atoms with Gasteiger partial charge in [0.1, 0.15) is 5.82 Å². The van der Waals surface area contributed by atoms with Gasteiger partial charge in [0.25, 0.3) is 0 Å². The summed E-state index contributed by atoms with van der Waals surface area (Å²) in [6.07, 6.45) is 1.72. The van der Waals surface area contributed by atoms with Crippen LogP contribution in [-0.2, 0) is 6.54 Å². The molecule has 4 heteroatoms. The van der Waals surface area contributed by atoms with Gasteiger partial charge in [0.05, 0.1) is 17.9 Å². The molecule has 0 amide bonds. The highest BCUT2D eigenvalue weighted by Crippen LogP contribution is 2.16. The highest BCUT2D eigenvalue weighted by Gasteiger charge is 1.99. The fraction of sp³-hybridized carbons (Fsp3) is 0.0833. The van der Waals surface area contributed by atoms with Gasteiger partial charge in [-0.3, -0.25) is 4.98 Å². The zero-order valence-corrected chi connectivity index (χ0v) is 8.65. The van der Waals surface area contributed by atoms with Crippen molar-refractivity contribution in [1.29, 1.82) is 0 Å². The van der Waals surface area contributed by atoms with E-state index in [9.17, 15) is 4.39 Å². The first-order valence-electron chi connectivity index (χ1n) is 4.94. The van der Waals surface area contributed by atoms with Gasteiger partial charge in [-0.25, -0.2) is 4.39 Å². The Bertz CT molecular complexity index is 471. The Morgan fingerprint density at radius 3 is 2.81 bits per heavy atom. The third kappa shape index (κ3) is 2.48. The Morgan fingerprint density at radius 1 is 1.25 bits per heavy atom. The van der Waals surface area contributed by atoms with Crippen LogP contribution < -0.4 is 11.1 Å². The summed E-state index contributed by atoms with van der Waals surface area (Å²) < 4.78 is 13.1. The molecule has 16 heavy (non-hydrogen) atoms. The third-order valence-electron chi connectivity index (χ3n) is 2.20. The molecule has 0 aliphatic heterocycles. The molecule has 2 aromatic rings. The van der Waals surface area contributed by atoms with Crippen molar-refractivity contribution in [2.24, 2.45) is 0 Å². The summed E-state index contributed by atoms with van der Waals surface area (Å²) in [5.41, 5.74) is 7.13. The van der Waals surface area contributed by atoms with Gasteiger partial charge in [0.15, 0.2) is 0 Å². The van der Waals surface area contributed by atoms with Crippen LogP contribution in [0.3, 0.4) is 0 Å². The molecule has 3 nitrogen and oxygen atoms in total. The zero-order valence-electron chi connectivity index (χ0n) is 8.65. The number of rotatable bonds is 3. The SMILES string of the molecule is Nc1ccc(NCc2ccccn2)cc1F. The standard InChI is InChI=1S/C12H12FN3/c13-11-7-9(4-5-12(11)14)16-8-10-3-1-2-6-15-10/h1-7,16H,8,14H2. The van der Waals surface area contributed by atoms with E-state index >= 15 is 0 Å². The van der Waals surface area contributed by atoms with Crippen LogP contribution in [0.1, 0.15) is 5.69 Å². The lowest BCUT2D eigenvalue weighted by Crippen LogP contribution is -2.02. The number of benzene rings is 1. The van der Waals surface area contributed by atoms with E-state index < -0.39 is 5.82 Å². The molecular weight excluding hydrogens is 205 g/mol. The van der Waals surface area contributed by atoms with E-state index in [0.717, 1.165) is 5.69 Å². The Morgan fingerprint density at radius 2 is 2.12 bits per heavy atom. The van der Waals surface area contributed by atoms with Gasteiger partial charge >= 0.3 is 0 Å². The first-order chi connectivity index (χ1) is 7.75. The average molecular weight is 217 g/mol. The lowest BCUT2D eigenvalue weighted by molar-refractivity contribution is 0.633. The second kappa shape index (κ2) is 4.61. The van der Waals surface area contributed by atoms with Crippen LogP contribution in [0.2, 0.25) is 0 Å². The van der Waals surface area contributed by atoms with Crippen LogP contribution in [0.5, 0.6) is 0 Å². The summed E-state index contributed by atoms with van der Waals surface area (Å²) >= 11 is 0. The Labute approximate surface area is 93.1 Å². The van der Waals surface area contributed by atoms with Gasteiger partial charge in [-0.1, -0.05) is 6.07 Å². The first-order valence-corrected chi connectivity index (χ1v) is 4.94. The van der Waals surface area contributed by atoms with E-state index in [-0.39, 0.29) is 5.69 Å². The van der Waals surface area contributed by atoms with Gasteiger partial charge in [-0.05, 0) is 30.3 Å². The van der Waals surface area contributed by atoms with Crippen molar-refractivity contribution >= 4 is 11.4 Å². The molecule has 0 radical (unpaired) electrons. The number of halogens is 1. The average Bonchev–Trinajstić information content (AvgIpc) is 2.32. The molecule has 0 atom stereocenters. The molecule has 2 rings (SSSR count). The first kappa shape index (κ1) is 10.4. The molecule has 0 fully saturated rings. The minimum Gasteiger partial charge on any atom is -0.396 e. The lowest BCUT2D eigenvalue weighted by Gasteiger charge is -2.06. The predicted molar refractivity (Wildman–Crippen MR) is 62.4 cm³/mol. The maximum absolute atomic E-state index is 13.1. The number of hydrogen-bond acceptors (Lipinski definition) is 3. The summed E-state index contributed by atoms with van der Waals surface area (Å²) in [6.45, 7) is 0.560. The van der Waals surface area contributed by atoms with Crippen molar-refractivity contribution in [3.63, 3.8) is 0 Å². The number of nitrogens with zero attached hydrogens (tertiary/aromatic N) is 1. The maximum Gasteiger partial charge on any atom is 0.148 e. The number of nitrogen functional groups attached to an aromatic ring is 1. The van der Waals surface area contributed by atoms with E-state index in [4.69, 9.17) is 5.73 Å². The lowest BCUT2D eigenvalue weighted by atomic mass is 10.2. The molecule has 0 spiro atoms. The highest BCUT2D eigenvalue weighted by atomic mass is 19.1. The number of nitrogens with one attached hydrogen (secondary N) is 1. The smallest absolute Gasteiger partial charge is 0.148 e. The molecule has 0 saturated heterocycles. The van der Waals surface area contributed by atoms with Crippen molar-refractivity contribution < 1.29 is 4.39 Å². The van der Waals surface area contributed by atoms with Crippen LogP contribution in [-0.4, -0.2) is 4.98 Å². The molecule has 0 aliphatic rings. The molecule has 1 aromatic heterocycles. The van der Waals surface area contributed by atoms with E-state index in [1.807, 2.05) is 18.2 Å². The summed E-state index contributed by atoms with van der Waals surface area (Å²) in [5, 5.41) is 3.07. The summed E-state index contributed by atoms with van der Waals surface area (Å²) in [4.78, 5) is 4.15. The third-order valence-corrected chi connectivity index (χ3v) is 2.20. The van der Waals surface area contributed by atoms with Gasteiger partial charge < -0.3 is 11.1 Å². The van der Waals surface area contributed by atoms with Crippen LogP contribution in [0.15, 0.2) is 42.6 Å². The van der Waals surface area contributed by atoms with Crippen molar-refractivity contribution in [3.8, 4) is 0 Å². The normalized spacial score (nSPS) is 10.1. The zero-order chi connectivity index (χ0) is 11.4. The molecule has 82 valence electrons. The van der Waals surface area contributed by atoms with Crippen LogP contribution in [0, 0.1) is 5.82 Å². The fourth-order valence-electron chi connectivity index (χ4n) is 1.33. The van der Waals surface area contributed by atoms with Gasteiger partial charge in [-0.15, -0.1) is 0 Å². The van der Waals surface area contributed by atoms with Crippen molar-refractivity contribution in [3.05, 3.63) is 54.1 Å². The summed E-state index contributed by atoms with van der Waals surface area (Å²) in [6, 6.07) is 10.3. The second-order valence-electron chi connectivity index (χ2n) is 3.41. The molecule has 0 unspecified atom stereocenters. The second-order valence-corrected chi connectivity index (χ2v) is 3.41. The minimum absolute atomic E-state index is 0.156. The number of anilines is 2.